The van der Waals surface area contributed by atoms with Gasteiger partial charge in [-0.3, -0.25) is 19.6 Å². The van der Waals surface area contributed by atoms with Crippen molar-refractivity contribution in [1.29, 1.82) is 0 Å². The number of carbonyl (C=O) groups is 3. The molecule has 3 aliphatic rings. The molecule has 1 aromatic heterocycles. The molecule has 0 aliphatic carbocycles. The third-order valence-corrected chi connectivity index (χ3v) is 5.24. The number of nitrogens with one attached hydrogen (secondary N) is 1. The zero-order valence-corrected chi connectivity index (χ0v) is 14.2. The highest BCUT2D eigenvalue weighted by molar-refractivity contribution is 6.06. The van der Waals surface area contributed by atoms with E-state index in [9.17, 15) is 14.4 Å². The molecule has 8 nitrogen and oxygen atoms in total. The van der Waals surface area contributed by atoms with E-state index in [-0.39, 0.29) is 35.3 Å². The van der Waals surface area contributed by atoms with Crippen LogP contribution in [0.15, 0.2) is 6.07 Å². The number of imide groups is 1. The van der Waals surface area contributed by atoms with Gasteiger partial charge in [-0.15, -0.1) is 0 Å². The number of amides is 4. The summed E-state index contributed by atoms with van der Waals surface area (Å²) in [5, 5.41) is 6.80. The molecule has 3 atom stereocenters. The maximum absolute atomic E-state index is 13.0. The molecule has 0 aromatic carbocycles. The van der Waals surface area contributed by atoms with Gasteiger partial charge in [-0.25, -0.2) is 4.79 Å². The van der Waals surface area contributed by atoms with Gasteiger partial charge in [0.2, 0.25) is 0 Å². The second-order valence-corrected chi connectivity index (χ2v) is 7.85. The Hall–Kier alpha value is -2.38. The number of carbonyl (C=O) groups excluding carboxylic acids is 3. The van der Waals surface area contributed by atoms with E-state index in [1.165, 1.54) is 0 Å². The van der Waals surface area contributed by atoms with Crippen LogP contribution in [0.4, 0.5) is 4.79 Å². The van der Waals surface area contributed by atoms with E-state index in [0.717, 1.165) is 5.69 Å². The molecule has 3 aliphatic heterocycles. The third-order valence-electron chi connectivity index (χ3n) is 5.24. The van der Waals surface area contributed by atoms with Gasteiger partial charge in [0.15, 0.2) is 0 Å². The van der Waals surface area contributed by atoms with Crippen molar-refractivity contribution in [2.45, 2.75) is 50.7 Å². The fraction of sp³-hybridized carbons (Fsp3) is 0.625. The summed E-state index contributed by atoms with van der Waals surface area (Å²) in [5.41, 5.74) is 1.23. The minimum Gasteiger partial charge on any atom is -0.330 e. The van der Waals surface area contributed by atoms with E-state index in [1.54, 1.807) is 21.5 Å². The van der Waals surface area contributed by atoms with Crippen LogP contribution in [0.5, 0.6) is 0 Å². The predicted octanol–water partition coefficient (Wildman–Crippen LogP) is 0.235. The maximum Gasteiger partial charge on any atom is 0.325 e. The number of fused-ring (bicyclic) bond motifs is 5. The number of likely N-dealkylation sites (tertiary alicyclic amines) is 1. The van der Waals surface area contributed by atoms with E-state index in [2.05, 4.69) is 10.4 Å². The first-order valence-electron chi connectivity index (χ1n) is 8.17. The van der Waals surface area contributed by atoms with Crippen LogP contribution in [-0.2, 0) is 17.3 Å². The number of hydrogen-bond acceptors (Lipinski definition) is 4. The molecule has 3 fully saturated rings. The Morgan fingerprint density at radius 2 is 2.04 bits per heavy atom. The number of urea groups is 1. The van der Waals surface area contributed by atoms with E-state index in [1.807, 2.05) is 26.8 Å². The number of aryl methyl sites for hydroxylation is 1. The van der Waals surface area contributed by atoms with Gasteiger partial charge >= 0.3 is 6.03 Å². The van der Waals surface area contributed by atoms with Crippen molar-refractivity contribution >= 4 is 17.8 Å². The van der Waals surface area contributed by atoms with Gasteiger partial charge < -0.3 is 9.80 Å². The Kier molecular flexibility index (Phi) is 2.90. The first-order chi connectivity index (χ1) is 11.2. The molecule has 24 heavy (non-hydrogen) atoms. The van der Waals surface area contributed by atoms with Crippen LogP contribution in [0.1, 0.15) is 43.4 Å². The molecular formula is C16H21N5O3. The fourth-order valence-electron chi connectivity index (χ4n) is 4.01. The molecule has 1 N–H and O–H groups in total. The van der Waals surface area contributed by atoms with E-state index in [4.69, 9.17) is 0 Å². The highest BCUT2D eigenvalue weighted by atomic mass is 16.2. The van der Waals surface area contributed by atoms with Crippen molar-refractivity contribution in [2.24, 2.45) is 7.05 Å². The van der Waals surface area contributed by atoms with Gasteiger partial charge in [0.1, 0.15) is 11.7 Å². The molecule has 1 aromatic rings. The van der Waals surface area contributed by atoms with E-state index in [0.29, 0.717) is 18.7 Å². The standard InChI is InChI=1S/C16H21N5O3/c1-16(2,3)11-6-10(19(4)18-11)14(23)20-7-8-5-9(20)12-13(22)17-15(24)21(8)12/h6,8-9,12H,5,7H2,1-4H3,(H,17,22,24). The first kappa shape index (κ1) is 15.2. The molecule has 4 heterocycles. The summed E-state index contributed by atoms with van der Waals surface area (Å²) in [7, 11) is 1.76. The Labute approximate surface area is 139 Å². The lowest BCUT2D eigenvalue weighted by Gasteiger charge is -2.34. The van der Waals surface area contributed by atoms with Crippen molar-refractivity contribution in [1.82, 2.24) is 24.9 Å². The molecule has 4 rings (SSSR count). The zero-order valence-electron chi connectivity index (χ0n) is 14.2. The molecule has 4 amide bonds. The van der Waals surface area contributed by atoms with Crippen LogP contribution in [0.25, 0.3) is 0 Å². The summed E-state index contributed by atoms with van der Waals surface area (Å²) in [4.78, 5) is 40.2. The van der Waals surface area contributed by atoms with Gasteiger partial charge in [-0.05, 0) is 12.5 Å². The lowest BCUT2D eigenvalue weighted by atomic mass is 9.92. The highest BCUT2D eigenvalue weighted by Crippen LogP contribution is 2.39. The van der Waals surface area contributed by atoms with Crippen molar-refractivity contribution in [3.63, 3.8) is 0 Å². The van der Waals surface area contributed by atoms with Gasteiger partial charge in [-0.2, -0.15) is 5.10 Å². The first-order valence-corrected chi connectivity index (χ1v) is 8.17. The molecule has 0 saturated carbocycles. The van der Waals surface area contributed by atoms with Gasteiger partial charge in [0.05, 0.1) is 17.8 Å². The lowest BCUT2D eigenvalue weighted by molar-refractivity contribution is -0.122. The van der Waals surface area contributed by atoms with Crippen molar-refractivity contribution < 1.29 is 14.4 Å². The van der Waals surface area contributed by atoms with Crippen LogP contribution in [-0.4, -0.2) is 62.1 Å². The summed E-state index contributed by atoms with van der Waals surface area (Å²) < 4.78 is 1.60. The number of hydrogen-bond donors (Lipinski definition) is 1. The predicted molar refractivity (Wildman–Crippen MR) is 84.3 cm³/mol. The minimum atomic E-state index is -0.546. The average Bonchev–Trinajstić information content (AvgIpc) is 3.20. The maximum atomic E-state index is 13.0. The van der Waals surface area contributed by atoms with Crippen LogP contribution in [0, 0.1) is 0 Å². The zero-order chi connectivity index (χ0) is 17.4. The van der Waals surface area contributed by atoms with Gasteiger partial charge in [0.25, 0.3) is 11.8 Å². The number of nitrogens with zero attached hydrogens (tertiary/aromatic N) is 4. The van der Waals surface area contributed by atoms with E-state index >= 15 is 0 Å². The second-order valence-electron chi connectivity index (χ2n) is 7.85. The normalized spacial score (nSPS) is 28.6. The van der Waals surface area contributed by atoms with Crippen molar-refractivity contribution in [3.05, 3.63) is 17.5 Å². The SMILES string of the molecule is Cn1nc(C(C)(C)C)cc1C(=O)N1CC2CC1C1C(=O)NC(=O)N21. The van der Waals surface area contributed by atoms with Gasteiger partial charge in [-0.1, -0.05) is 20.8 Å². The summed E-state index contributed by atoms with van der Waals surface area (Å²) in [6.07, 6.45) is 0.666. The van der Waals surface area contributed by atoms with Gasteiger partial charge in [0, 0.05) is 19.0 Å². The minimum absolute atomic E-state index is 0.0780. The number of rotatable bonds is 1. The van der Waals surface area contributed by atoms with Crippen molar-refractivity contribution in [3.8, 4) is 0 Å². The average molecular weight is 331 g/mol. The summed E-state index contributed by atoms with van der Waals surface area (Å²) >= 11 is 0. The lowest BCUT2D eigenvalue weighted by Crippen LogP contribution is -2.55. The molecule has 128 valence electrons. The molecule has 0 radical (unpaired) electrons. The molecule has 3 saturated heterocycles. The smallest absolute Gasteiger partial charge is 0.325 e. The van der Waals surface area contributed by atoms with Crippen LogP contribution >= 0.6 is 0 Å². The van der Waals surface area contributed by atoms with Crippen molar-refractivity contribution in [2.75, 3.05) is 6.54 Å². The topological polar surface area (TPSA) is 87.5 Å². The monoisotopic (exact) mass is 331 g/mol. The summed E-state index contributed by atoms with van der Waals surface area (Å²) in [6.45, 7) is 6.62. The molecule has 2 bridgehead atoms. The Morgan fingerprint density at radius 1 is 1.33 bits per heavy atom. The largest absolute Gasteiger partial charge is 0.330 e. The summed E-state index contributed by atoms with van der Waals surface area (Å²) in [6, 6.07) is 0.620. The van der Waals surface area contributed by atoms with Crippen LogP contribution < -0.4 is 5.32 Å². The van der Waals surface area contributed by atoms with E-state index < -0.39 is 6.04 Å². The number of piperazine rings is 1. The fourth-order valence-corrected chi connectivity index (χ4v) is 4.01. The van der Waals surface area contributed by atoms with Crippen LogP contribution in [0.2, 0.25) is 0 Å². The summed E-state index contributed by atoms with van der Waals surface area (Å²) in [5.74, 6) is -0.426. The molecule has 3 unspecified atom stereocenters. The Morgan fingerprint density at radius 3 is 2.67 bits per heavy atom. The molecule has 8 heteroatoms. The third kappa shape index (κ3) is 1.91. The molecular weight excluding hydrogens is 310 g/mol. The Bertz CT molecular complexity index is 762. The second kappa shape index (κ2) is 4.58. The Balaban J connectivity index is 1.63. The highest BCUT2D eigenvalue weighted by Gasteiger charge is 2.60. The van der Waals surface area contributed by atoms with Crippen LogP contribution in [0.3, 0.4) is 0 Å². The number of aromatic nitrogens is 2. The quantitative estimate of drug-likeness (QED) is 0.747. The molecule has 0 spiro atoms.